The molecule has 86 valence electrons. The van der Waals surface area contributed by atoms with Crippen molar-refractivity contribution in [3.63, 3.8) is 0 Å². The summed E-state index contributed by atoms with van der Waals surface area (Å²) in [4.78, 5) is 23.8. The Morgan fingerprint density at radius 2 is 2.38 bits per heavy atom. The van der Waals surface area contributed by atoms with Crippen molar-refractivity contribution >= 4 is 33.6 Å². The van der Waals surface area contributed by atoms with Crippen LogP contribution in [0.1, 0.15) is 6.42 Å². The molecule has 16 heavy (non-hydrogen) atoms. The summed E-state index contributed by atoms with van der Waals surface area (Å²) in [6.45, 7) is 0.184. The minimum atomic E-state index is -0.942. The molecule has 1 atom stereocenters. The van der Waals surface area contributed by atoms with E-state index >= 15 is 0 Å². The maximum Gasteiger partial charge on any atom is 0.308 e. The summed E-state index contributed by atoms with van der Waals surface area (Å²) in [5, 5.41) is 13.0. The van der Waals surface area contributed by atoms with Gasteiger partial charge in [0.05, 0.1) is 10.4 Å². The van der Waals surface area contributed by atoms with Crippen LogP contribution in [0.15, 0.2) is 10.7 Å². The number of aromatic nitrogens is 2. The van der Waals surface area contributed by atoms with Crippen LogP contribution in [0.2, 0.25) is 0 Å². The van der Waals surface area contributed by atoms with E-state index in [1.165, 1.54) is 4.90 Å². The van der Waals surface area contributed by atoms with Crippen LogP contribution in [0.25, 0.3) is 0 Å². The Morgan fingerprint density at radius 1 is 1.69 bits per heavy atom. The SMILES string of the molecule is Cn1cc(Br)c(N2C[C@@H](C(=O)O)CC2=O)n1. The zero-order valence-corrected chi connectivity index (χ0v) is 10.1. The number of aliphatic carboxylic acids is 1. The Kier molecular flexibility index (Phi) is 2.71. The third-order valence-corrected chi connectivity index (χ3v) is 3.06. The number of carboxylic acids is 1. The van der Waals surface area contributed by atoms with Gasteiger partial charge < -0.3 is 5.11 Å². The molecule has 0 radical (unpaired) electrons. The van der Waals surface area contributed by atoms with E-state index in [0.717, 1.165) is 0 Å². The molecule has 2 heterocycles. The number of hydrogen-bond donors (Lipinski definition) is 1. The average Bonchev–Trinajstić information content (AvgIpc) is 2.69. The molecule has 1 amide bonds. The summed E-state index contributed by atoms with van der Waals surface area (Å²) in [6, 6.07) is 0. The van der Waals surface area contributed by atoms with Crippen molar-refractivity contribution in [2.75, 3.05) is 11.4 Å². The summed E-state index contributed by atoms with van der Waals surface area (Å²) in [7, 11) is 1.74. The summed E-state index contributed by atoms with van der Waals surface area (Å²) < 4.78 is 2.26. The Morgan fingerprint density at radius 3 is 2.81 bits per heavy atom. The minimum absolute atomic E-state index is 0.0400. The minimum Gasteiger partial charge on any atom is -0.481 e. The van der Waals surface area contributed by atoms with Crippen molar-refractivity contribution in [2.45, 2.75) is 6.42 Å². The van der Waals surface area contributed by atoms with E-state index in [4.69, 9.17) is 5.11 Å². The van der Waals surface area contributed by atoms with E-state index in [2.05, 4.69) is 21.0 Å². The number of carbonyl (C=O) groups is 2. The number of hydrogen-bond acceptors (Lipinski definition) is 3. The molecular weight excluding hydrogens is 278 g/mol. The average molecular weight is 288 g/mol. The van der Waals surface area contributed by atoms with Gasteiger partial charge in [-0.2, -0.15) is 5.10 Å². The molecule has 0 saturated carbocycles. The van der Waals surface area contributed by atoms with E-state index in [9.17, 15) is 9.59 Å². The molecule has 0 bridgehead atoms. The van der Waals surface area contributed by atoms with Gasteiger partial charge in [-0.25, -0.2) is 0 Å². The zero-order valence-electron chi connectivity index (χ0n) is 8.55. The Bertz CT molecular complexity index is 457. The van der Waals surface area contributed by atoms with Crippen LogP contribution < -0.4 is 4.90 Å². The summed E-state index contributed by atoms with van der Waals surface area (Å²) in [6.07, 6.45) is 1.76. The third kappa shape index (κ3) is 1.82. The molecule has 1 aliphatic rings. The second-order valence-corrected chi connectivity index (χ2v) is 4.57. The zero-order chi connectivity index (χ0) is 11.9. The van der Waals surface area contributed by atoms with E-state index in [-0.39, 0.29) is 18.9 Å². The van der Waals surface area contributed by atoms with E-state index in [1.807, 2.05) is 0 Å². The monoisotopic (exact) mass is 287 g/mol. The van der Waals surface area contributed by atoms with Gasteiger partial charge in [-0.05, 0) is 15.9 Å². The molecule has 1 aromatic rings. The number of amides is 1. The Balaban J connectivity index is 2.26. The van der Waals surface area contributed by atoms with Gasteiger partial charge in [-0.3, -0.25) is 19.2 Å². The number of anilines is 1. The summed E-state index contributed by atoms with van der Waals surface area (Å²) in [5.74, 6) is -1.30. The number of carbonyl (C=O) groups excluding carboxylic acids is 1. The lowest BCUT2D eigenvalue weighted by Crippen LogP contribution is -2.26. The topological polar surface area (TPSA) is 75.4 Å². The van der Waals surface area contributed by atoms with Crippen molar-refractivity contribution in [3.8, 4) is 0 Å². The molecule has 1 fully saturated rings. The molecule has 1 saturated heterocycles. The molecule has 2 rings (SSSR count). The maximum absolute atomic E-state index is 11.6. The number of rotatable bonds is 2. The lowest BCUT2D eigenvalue weighted by molar-refractivity contribution is -0.141. The predicted octanol–water partition coefficient (Wildman–Crippen LogP) is 0.620. The van der Waals surface area contributed by atoms with Crippen molar-refractivity contribution in [3.05, 3.63) is 10.7 Å². The predicted molar refractivity (Wildman–Crippen MR) is 59.0 cm³/mol. The van der Waals surface area contributed by atoms with Gasteiger partial charge in [0.15, 0.2) is 5.82 Å². The van der Waals surface area contributed by atoms with Crippen molar-refractivity contribution in [2.24, 2.45) is 13.0 Å². The molecular formula is C9H10BrN3O3. The second kappa shape index (κ2) is 3.89. The maximum atomic E-state index is 11.6. The third-order valence-electron chi connectivity index (χ3n) is 2.50. The van der Waals surface area contributed by atoms with Gasteiger partial charge in [-0.15, -0.1) is 0 Å². The fourth-order valence-electron chi connectivity index (χ4n) is 1.71. The van der Waals surface area contributed by atoms with Gasteiger partial charge in [0, 0.05) is 26.2 Å². The highest BCUT2D eigenvalue weighted by molar-refractivity contribution is 9.10. The van der Waals surface area contributed by atoms with E-state index in [1.54, 1.807) is 17.9 Å². The van der Waals surface area contributed by atoms with Crippen LogP contribution in [0.4, 0.5) is 5.82 Å². The molecule has 0 aromatic carbocycles. The number of aryl methyl sites for hydroxylation is 1. The standard InChI is InChI=1S/C9H10BrN3O3/c1-12-4-6(10)8(11-12)13-3-5(9(15)16)2-7(13)14/h4-5H,2-3H2,1H3,(H,15,16)/t5-/m0/s1. The Hall–Kier alpha value is -1.37. The highest BCUT2D eigenvalue weighted by Crippen LogP contribution is 2.29. The smallest absolute Gasteiger partial charge is 0.308 e. The largest absolute Gasteiger partial charge is 0.481 e. The van der Waals surface area contributed by atoms with Crippen molar-refractivity contribution in [1.82, 2.24) is 9.78 Å². The molecule has 1 aliphatic heterocycles. The first kappa shape index (κ1) is 11.1. The lowest BCUT2D eigenvalue weighted by atomic mass is 10.1. The molecule has 0 aliphatic carbocycles. The quantitative estimate of drug-likeness (QED) is 0.865. The number of nitrogens with zero attached hydrogens (tertiary/aromatic N) is 3. The summed E-state index contributed by atoms with van der Waals surface area (Å²) in [5.41, 5.74) is 0. The van der Waals surface area contributed by atoms with Crippen molar-refractivity contribution < 1.29 is 14.7 Å². The van der Waals surface area contributed by atoms with E-state index < -0.39 is 11.9 Å². The van der Waals surface area contributed by atoms with Gasteiger partial charge in [0.25, 0.3) is 0 Å². The van der Waals surface area contributed by atoms with Gasteiger partial charge >= 0.3 is 5.97 Å². The highest BCUT2D eigenvalue weighted by atomic mass is 79.9. The van der Waals surface area contributed by atoms with Crippen LogP contribution in [-0.2, 0) is 16.6 Å². The molecule has 1 aromatic heterocycles. The van der Waals surface area contributed by atoms with Crippen LogP contribution in [0.5, 0.6) is 0 Å². The fourth-order valence-corrected chi connectivity index (χ4v) is 2.30. The van der Waals surface area contributed by atoms with Gasteiger partial charge in [-0.1, -0.05) is 0 Å². The first-order valence-electron chi connectivity index (χ1n) is 4.71. The first-order chi connectivity index (χ1) is 7.49. The van der Waals surface area contributed by atoms with Crippen LogP contribution >= 0.6 is 15.9 Å². The lowest BCUT2D eigenvalue weighted by Gasteiger charge is -2.12. The number of carboxylic acid groups (broad SMARTS) is 1. The van der Waals surface area contributed by atoms with Gasteiger partial charge in [0.1, 0.15) is 0 Å². The molecule has 0 spiro atoms. The second-order valence-electron chi connectivity index (χ2n) is 3.72. The normalized spacial score (nSPS) is 20.5. The molecule has 0 unspecified atom stereocenters. The highest BCUT2D eigenvalue weighted by Gasteiger charge is 2.36. The first-order valence-corrected chi connectivity index (χ1v) is 5.50. The summed E-state index contributed by atoms with van der Waals surface area (Å²) >= 11 is 3.29. The van der Waals surface area contributed by atoms with Gasteiger partial charge in [0.2, 0.25) is 5.91 Å². The van der Waals surface area contributed by atoms with Crippen LogP contribution in [0, 0.1) is 5.92 Å². The van der Waals surface area contributed by atoms with Crippen LogP contribution in [-0.4, -0.2) is 33.3 Å². The fraction of sp³-hybridized carbons (Fsp3) is 0.444. The Labute approximate surface area is 100.0 Å². The van der Waals surface area contributed by atoms with Crippen LogP contribution in [0.3, 0.4) is 0 Å². The molecule has 6 nitrogen and oxygen atoms in total. The molecule has 7 heteroatoms. The number of halogens is 1. The van der Waals surface area contributed by atoms with Crippen molar-refractivity contribution in [1.29, 1.82) is 0 Å². The molecule has 1 N–H and O–H groups in total. The van der Waals surface area contributed by atoms with E-state index in [0.29, 0.717) is 10.3 Å².